The Hall–Kier alpha value is -2.02. The minimum atomic E-state index is -0.958. The van der Waals surface area contributed by atoms with Crippen molar-refractivity contribution in [3.63, 3.8) is 0 Å². The maximum absolute atomic E-state index is 11.4. The van der Waals surface area contributed by atoms with E-state index >= 15 is 0 Å². The van der Waals surface area contributed by atoms with Crippen molar-refractivity contribution in [3.05, 3.63) is 84.4 Å². The molecule has 2 saturated heterocycles. The van der Waals surface area contributed by atoms with E-state index in [1.807, 2.05) is 56.3 Å². The van der Waals surface area contributed by atoms with Gasteiger partial charge >= 0.3 is 0 Å². The first kappa shape index (κ1) is 27.0. The van der Waals surface area contributed by atoms with Gasteiger partial charge in [0.25, 0.3) is 0 Å². The number of benzene rings is 2. The van der Waals surface area contributed by atoms with Gasteiger partial charge in [-0.05, 0) is 50.2 Å². The van der Waals surface area contributed by atoms with E-state index in [1.165, 1.54) is 5.56 Å². The van der Waals surface area contributed by atoms with Gasteiger partial charge in [0.2, 0.25) is 0 Å². The fourth-order valence-corrected chi connectivity index (χ4v) is 5.08. The zero-order valence-electron chi connectivity index (χ0n) is 22.0. The first-order chi connectivity index (χ1) is 17.3. The van der Waals surface area contributed by atoms with Gasteiger partial charge in [-0.2, -0.15) is 0 Å². The Bertz CT molecular complexity index is 946. The van der Waals surface area contributed by atoms with Crippen LogP contribution >= 0.6 is 0 Å². The predicted molar refractivity (Wildman–Crippen MR) is 142 cm³/mol. The minimum Gasteiger partial charge on any atom is -0.387 e. The van der Waals surface area contributed by atoms with Gasteiger partial charge in [-0.1, -0.05) is 73.7 Å². The highest BCUT2D eigenvalue weighted by Gasteiger charge is 2.54. The normalized spacial score (nSPS) is 33.0. The van der Waals surface area contributed by atoms with Gasteiger partial charge in [0.05, 0.1) is 43.2 Å². The lowest BCUT2D eigenvalue weighted by Crippen LogP contribution is -2.44. The quantitative estimate of drug-likeness (QED) is 0.228. The van der Waals surface area contributed by atoms with Gasteiger partial charge in [0.1, 0.15) is 5.60 Å². The largest absolute Gasteiger partial charge is 0.387 e. The molecule has 2 aliphatic heterocycles. The van der Waals surface area contributed by atoms with Gasteiger partial charge in [-0.15, -0.1) is 6.58 Å². The van der Waals surface area contributed by atoms with Crippen molar-refractivity contribution >= 4 is 0 Å². The number of epoxide rings is 1. The second-order valence-electron chi connectivity index (χ2n) is 10.9. The highest BCUT2D eigenvalue weighted by molar-refractivity contribution is 5.15. The Morgan fingerprint density at radius 3 is 2.28 bits per heavy atom. The summed E-state index contributed by atoms with van der Waals surface area (Å²) in [4.78, 5) is 0. The Balaban J connectivity index is 1.42. The molecule has 4 rings (SSSR count). The molecule has 0 unspecified atom stereocenters. The van der Waals surface area contributed by atoms with E-state index in [1.54, 1.807) is 0 Å². The smallest absolute Gasteiger partial charge is 0.110 e. The van der Waals surface area contributed by atoms with Crippen LogP contribution in [0.15, 0.2) is 73.3 Å². The molecule has 0 aliphatic carbocycles. The molecule has 7 atom stereocenters. The molecule has 1 N–H and O–H groups in total. The predicted octanol–water partition coefficient (Wildman–Crippen LogP) is 5.85. The monoisotopic (exact) mass is 494 g/mol. The lowest BCUT2D eigenvalue weighted by atomic mass is 9.88. The second-order valence-corrected chi connectivity index (χ2v) is 10.9. The zero-order valence-corrected chi connectivity index (χ0v) is 22.0. The summed E-state index contributed by atoms with van der Waals surface area (Å²) in [5.41, 5.74) is 1.02. The van der Waals surface area contributed by atoms with Crippen molar-refractivity contribution in [3.8, 4) is 0 Å². The van der Waals surface area contributed by atoms with E-state index in [-0.39, 0.29) is 35.9 Å². The van der Waals surface area contributed by atoms with Crippen molar-refractivity contribution < 1.29 is 24.1 Å². The van der Waals surface area contributed by atoms with Gasteiger partial charge in [-0.3, -0.25) is 0 Å². The van der Waals surface area contributed by atoms with Crippen LogP contribution in [0.2, 0.25) is 0 Å². The molecule has 36 heavy (non-hydrogen) atoms. The van der Waals surface area contributed by atoms with E-state index < -0.39 is 5.60 Å². The van der Waals surface area contributed by atoms with Crippen LogP contribution in [0, 0.1) is 5.92 Å². The van der Waals surface area contributed by atoms with E-state index in [4.69, 9.17) is 18.9 Å². The average molecular weight is 495 g/mol. The van der Waals surface area contributed by atoms with Crippen LogP contribution in [-0.4, -0.2) is 47.3 Å². The molecule has 5 nitrogen and oxygen atoms in total. The van der Waals surface area contributed by atoms with Crippen LogP contribution in [0.4, 0.5) is 0 Å². The molecule has 2 fully saturated rings. The summed E-state index contributed by atoms with van der Waals surface area (Å²) in [7, 11) is 0. The number of hydrogen-bond acceptors (Lipinski definition) is 5. The van der Waals surface area contributed by atoms with Crippen LogP contribution in [-0.2, 0) is 32.2 Å². The van der Waals surface area contributed by atoms with Crippen molar-refractivity contribution in [1.29, 1.82) is 0 Å². The maximum atomic E-state index is 11.4. The van der Waals surface area contributed by atoms with Gasteiger partial charge in [-0.25, -0.2) is 0 Å². The third-order valence-electron chi connectivity index (χ3n) is 7.83. The summed E-state index contributed by atoms with van der Waals surface area (Å²) in [6, 6.07) is 20.4. The second kappa shape index (κ2) is 12.0. The van der Waals surface area contributed by atoms with Gasteiger partial charge < -0.3 is 24.1 Å². The fraction of sp³-hybridized carbons (Fsp3) is 0.548. The summed E-state index contributed by atoms with van der Waals surface area (Å²) in [6.45, 7) is 11.8. The highest BCUT2D eigenvalue weighted by atomic mass is 16.6. The van der Waals surface area contributed by atoms with Crippen molar-refractivity contribution in [2.24, 2.45) is 5.92 Å². The molecule has 2 heterocycles. The molecule has 2 aromatic rings. The van der Waals surface area contributed by atoms with Crippen LogP contribution in [0.1, 0.15) is 57.6 Å². The number of rotatable bonds is 12. The summed E-state index contributed by atoms with van der Waals surface area (Å²) in [6.07, 6.45) is 4.09. The van der Waals surface area contributed by atoms with Crippen LogP contribution in [0.5, 0.6) is 0 Å². The summed E-state index contributed by atoms with van der Waals surface area (Å²) >= 11 is 0. The van der Waals surface area contributed by atoms with Crippen LogP contribution < -0.4 is 0 Å². The molecule has 0 spiro atoms. The van der Waals surface area contributed by atoms with Crippen LogP contribution in [0.25, 0.3) is 0 Å². The first-order valence-corrected chi connectivity index (χ1v) is 13.3. The molecule has 5 heteroatoms. The molecule has 196 valence electrons. The average Bonchev–Trinajstić information content (AvgIpc) is 3.57. The Kier molecular flexibility index (Phi) is 9.02. The molecule has 0 amide bonds. The molecule has 0 bridgehead atoms. The number of ether oxygens (including phenoxy) is 4. The van der Waals surface area contributed by atoms with Gasteiger partial charge in [0.15, 0.2) is 0 Å². The van der Waals surface area contributed by atoms with E-state index in [0.717, 1.165) is 18.4 Å². The minimum absolute atomic E-state index is 0.0124. The van der Waals surface area contributed by atoms with E-state index in [0.29, 0.717) is 32.7 Å². The molecule has 2 aliphatic rings. The molecule has 0 aromatic heterocycles. The maximum Gasteiger partial charge on any atom is 0.110 e. The van der Waals surface area contributed by atoms with Crippen molar-refractivity contribution in [2.75, 3.05) is 6.61 Å². The van der Waals surface area contributed by atoms with E-state index in [9.17, 15) is 5.11 Å². The van der Waals surface area contributed by atoms with Gasteiger partial charge in [0, 0.05) is 13.0 Å². The topological polar surface area (TPSA) is 60.5 Å². The Morgan fingerprint density at radius 1 is 1.03 bits per heavy atom. The lowest BCUT2D eigenvalue weighted by Gasteiger charge is -2.35. The Morgan fingerprint density at radius 2 is 1.67 bits per heavy atom. The highest BCUT2D eigenvalue weighted by Crippen LogP contribution is 2.44. The third-order valence-corrected chi connectivity index (χ3v) is 7.83. The molecule has 0 saturated carbocycles. The SMILES string of the molecule is C=C[C@@]1(C)O[C@@H]1C[C@@H]1O[C@H]([C@H](C)CCOCc2ccccc2)[C@@H](OCc2ccccc2)CC[C@@]1(C)O. The number of aliphatic hydroxyl groups is 1. The van der Waals surface area contributed by atoms with E-state index in [2.05, 4.69) is 37.8 Å². The molecular formula is C31H42O5. The van der Waals surface area contributed by atoms with Crippen molar-refractivity contribution in [2.45, 2.75) is 95.3 Å². The zero-order chi connectivity index (χ0) is 25.6. The molecular weight excluding hydrogens is 452 g/mol. The lowest BCUT2D eigenvalue weighted by molar-refractivity contribution is -0.159. The molecule has 2 aromatic carbocycles. The standard InChI is InChI=1S/C31H42O5/c1-5-31(4)28(36-31)20-27-30(3,32)18-16-26(34-22-25-14-10-7-11-15-25)29(35-27)23(2)17-19-33-21-24-12-8-6-9-13-24/h5-15,23,26-29,32H,1,16-22H2,2-4H3/t23-,26+,27+,28-,29-,30-,31-/m1/s1. The summed E-state index contributed by atoms with van der Waals surface area (Å²) < 4.78 is 25.1. The van der Waals surface area contributed by atoms with Crippen LogP contribution in [0.3, 0.4) is 0 Å². The Labute approximate surface area is 216 Å². The first-order valence-electron chi connectivity index (χ1n) is 13.3. The number of hydrogen-bond donors (Lipinski definition) is 1. The molecule has 0 radical (unpaired) electrons. The summed E-state index contributed by atoms with van der Waals surface area (Å²) in [5.74, 6) is 0.198. The summed E-state index contributed by atoms with van der Waals surface area (Å²) in [5, 5.41) is 11.4. The van der Waals surface area contributed by atoms with Crippen molar-refractivity contribution in [1.82, 2.24) is 0 Å². The fourth-order valence-electron chi connectivity index (χ4n) is 5.08. The third kappa shape index (κ3) is 7.05.